The largest absolute Gasteiger partial charge is 0.489 e. The third-order valence-corrected chi connectivity index (χ3v) is 3.99. The van der Waals surface area contributed by atoms with E-state index in [2.05, 4.69) is 5.16 Å². The van der Waals surface area contributed by atoms with Crippen LogP contribution in [0.2, 0.25) is 0 Å². The van der Waals surface area contributed by atoms with Crippen LogP contribution in [0.3, 0.4) is 0 Å². The number of ketones is 1. The first-order chi connectivity index (χ1) is 13.3. The summed E-state index contributed by atoms with van der Waals surface area (Å²) in [7, 11) is 0. The molecule has 0 saturated carbocycles. The molecule has 1 aromatic carbocycles. The fourth-order valence-corrected chi connectivity index (χ4v) is 2.37. The van der Waals surface area contributed by atoms with Crippen LogP contribution >= 0.6 is 0 Å². The number of aromatic nitrogens is 1. The number of carbonyl (C=O) groups excluding carboxylic acids is 2. The van der Waals surface area contributed by atoms with Gasteiger partial charge in [0.05, 0.1) is 17.7 Å². The summed E-state index contributed by atoms with van der Waals surface area (Å²) in [5.41, 5.74) is 7.72. The minimum atomic E-state index is -0.626. The van der Waals surface area contributed by atoms with Gasteiger partial charge in [0.25, 0.3) is 0 Å². The van der Waals surface area contributed by atoms with Crippen molar-refractivity contribution in [1.29, 1.82) is 5.26 Å². The minimum absolute atomic E-state index is 0.00929. The Hall–Kier alpha value is -3.60. The fourth-order valence-electron chi connectivity index (χ4n) is 2.37. The van der Waals surface area contributed by atoms with Gasteiger partial charge in [-0.25, -0.2) is 0 Å². The first-order valence-corrected chi connectivity index (χ1v) is 8.50. The summed E-state index contributed by atoms with van der Waals surface area (Å²) in [6.45, 7) is 4.92. The molecule has 0 amide bonds. The average molecular weight is 383 g/mol. The molecular formula is C20H21N3O5. The summed E-state index contributed by atoms with van der Waals surface area (Å²) in [6.07, 6.45) is -0.00929. The van der Waals surface area contributed by atoms with Crippen LogP contribution in [0.25, 0.3) is 0 Å². The van der Waals surface area contributed by atoms with Crippen LogP contribution in [0, 0.1) is 25.2 Å². The molecule has 2 rings (SSSR count). The van der Waals surface area contributed by atoms with E-state index in [1.54, 1.807) is 30.3 Å². The smallest absolute Gasteiger partial charge is 0.310 e. The van der Waals surface area contributed by atoms with Gasteiger partial charge in [0.2, 0.25) is 5.78 Å². The molecule has 0 atom stereocenters. The van der Waals surface area contributed by atoms with Crippen molar-refractivity contribution < 1.29 is 23.6 Å². The second-order valence-electron chi connectivity index (χ2n) is 6.17. The molecule has 2 N–H and O–H groups in total. The SMILES string of the molecule is C/C(N)=C(/C#N)C(=O)COC(=O)Cc1ccc(OCc2c(C)noc2C)cc1. The van der Waals surface area contributed by atoms with Gasteiger partial charge < -0.3 is 19.7 Å². The summed E-state index contributed by atoms with van der Waals surface area (Å²) in [5.74, 6) is 0.142. The summed E-state index contributed by atoms with van der Waals surface area (Å²) < 4.78 is 15.7. The van der Waals surface area contributed by atoms with Crippen molar-refractivity contribution in [3.8, 4) is 11.8 Å². The van der Waals surface area contributed by atoms with E-state index in [-0.39, 0.29) is 17.7 Å². The molecule has 0 aliphatic carbocycles. The number of nitriles is 1. The van der Waals surface area contributed by atoms with Crippen LogP contribution in [-0.4, -0.2) is 23.5 Å². The number of Topliss-reactive ketones (excluding diaryl/α,β-unsaturated/α-hetero) is 1. The first-order valence-electron chi connectivity index (χ1n) is 8.50. The lowest BCUT2D eigenvalue weighted by atomic mass is 10.1. The van der Waals surface area contributed by atoms with E-state index < -0.39 is 18.4 Å². The first kappa shape index (κ1) is 20.7. The number of rotatable bonds is 8. The van der Waals surface area contributed by atoms with Crippen LogP contribution in [0.5, 0.6) is 5.75 Å². The summed E-state index contributed by atoms with van der Waals surface area (Å²) in [5, 5.41) is 12.7. The number of allylic oxidation sites excluding steroid dienone is 1. The molecule has 0 saturated heterocycles. The van der Waals surface area contributed by atoms with Crippen molar-refractivity contribution in [2.45, 2.75) is 33.8 Å². The van der Waals surface area contributed by atoms with Crippen molar-refractivity contribution in [2.75, 3.05) is 6.61 Å². The molecule has 28 heavy (non-hydrogen) atoms. The molecule has 8 nitrogen and oxygen atoms in total. The maximum absolute atomic E-state index is 11.9. The number of hydrogen-bond acceptors (Lipinski definition) is 8. The van der Waals surface area contributed by atoms with Gasteiger partial charge in [0, 0.05) is 5.70 Å². The Balaban J connectivity index is 1.85. The minimum Gasteiger partial charge on any atom is -0.489 e. The second-order valence-corrected chi connectivity index (χ2v) is 6.17. The van der Waals surface area contributed by atoms with E-state index in [1.807, 2.05) is 13.8 Å². The lowest BCUT2D eigenvalue weighted by Gasteiger charge is -2.07. The lowest BCUT2D eigenvalue weighted by molar-refractivity contribution is -0.146. The second kappa shape index (κ2) is 9.37. The Morgan fingerprint density at radius 2 is 1.93 bits per heavy atom. The predicted molar refractivity (Wildman–Crippen MR) is 98.9 cm³/mol. The van der Waals surface area contributed by atoms with E-state index in [0.29, 0.717) is 23.7 Å². The highest BCUT2D eigenvalue weighted by Gasteiger charge is 2.15. The molecule has 0 fully saturated rings. The third-order valence-electron chi connectivity index (χ3n) is 3.99. The Labute approximate surface area is 162 Å². The zero-order valence-electron chi connectivity index (χ0n) is 15.9. The number of benzene rings is 1. The molecule has 0 unspecified atom stereocenters. The van der Waals surface area contributed by atoms with Gasteiger partial charge in [-0.2, -0.15) is 5.26 Å². The number of ether oxygens (including phenoxy) is 2. The standard InChI is InChI=1S/C20H21N3O5/c1-12(22)17(9-21)19(24)11-27-20(25)8-15-4-6-16(7-5-15)26-10-18-13(2)23-28-14(18)3/h4-7H,8,10-11,22H2,1-3H3/b17-12+. The highest BCUT2D eigenvalue weighted by Crippen LogP contribution is 2.18. The van der Waals surface area contributed by atoms with Crippen LogP contribution in [0.4, 0.5) is 0 Å². The Kier molecular flexibility index (Phi) is 6.93. The molecule has 0 aliphatic heterocycles. The summed E-state index contributed by atoms with van der Waals surface area (Å²) >= 11 is 0. The molecule has 2 aromatic rings. The van der Waals surface area contributed by atoms with E-state index >= 15 is 0 Å². The molecule has 1 aromatic heterocycles. The molecule has 0 radical (unpaired) electrons. The molecule has 8 heteroatoms. The van der Waals surface area contributed by atoms with Crippen molar-refractivity contribution in [3.05, 3.63) is 58.1 Å². The van der Waals surface area contributed by atoms with E-state index in [1.165, 1.54) is 6.92 Å². The third kappa shape index (κ3) is 5.45. The molecule has 0 bridgehead atoms. The quantitative estimate of drug-likeness (QED) is 0.418. The van der Waals surface area contributed by atoms with Crippen LogP contribution in [-0.2, 0) is 27.4 Å². The lowest BCUT2D eigenvalue weighted by Crippen LogP contribution is -2.18. The number of carbonyl (C=O) groups is 2. The van der Waals surface area contributed by atoms with Crippen molar-refractivity contribution in [3.63, 3.8) is 0 Å². The molecule has 0 spiro atoms. The van der Waals surface area contributed by atoms with Crippen LogP contribution in [0.15, 0.2) is 40.1 Å². The average Bonchev–Trinajstić information content (AvgIpc) is 2.97. The van der Waals surface area contributed by atoms with Gasteiger partial charge in [-0.3, -0.25) is 9.59 Å². The monoisotopic (exact) mass is 383 g/mol. The number of nitrogens with zero attached hydrogens (tertiary/aromatic N) is 2. The van der Waals surface area contributed by atoms with E-state index in [4.69, 9.17) is 25.0 Å². The van der Waals surface area contributed by atoms with Gasteiger partial charge in [-0.15, -0.1) is 0 Å². The number of nitrogens with two attached hydrogens (primary N) is 1. The summed E-state index contributed by atoms with van der Waals surface area (Å²) in [6, 6.07) is 8.64. The van der Waals surface area contributed by atoms with Gasteiger partial charge in [0.15, 0.2) is 6.61 Å². The predicted octanol–water partition coefficient (Wildman–Crippen LogP) is 2.28. The topological polar surface area (TPSA) is 128 Å². The molecule has 146 valence electrons. The molecule has 0 aliphatic rings. The number of hydrogen-bond donors (Lipinski definition) is 1. The normalized spacial score (nSPS) is 11.4. The molecule has 1 heterocycles. The maximum atomic E-state index is 11.9. The van der Waals surface area contributed by atoms with Gasteiger partial charge >= 0.3 is 5.97 Å². The van der Waals surface area contributed by atoms with Crippen molar-refractivity contribution in [2.24, 2.45) is 5.73 Å². The van der Waals surface area contributed by atoms with Crippen molar-refractivity contribution in [1.82, 2.24) is 5.16 Å². The van der Waals surface area contributed by atoms with E-state index in [0.717, 1.165) is 11.3 Å². The molecular weight excluding hydrogens is 362 g/mol. The summed E-state index contributed by atoms with van der Waals surface area (Å²) in [4.78, 5) is 23.7. The Morgan fingerprint density at radius 1 is 1.25 bits per heavy atom. The van der Waals surface area contributed by atoms with Gasteiger partial charge in [-0.05, 0) is 38.5 Å². The zero-order valence-corrected chi connectivity index (χ0v) is 15.9. The van der Waals surface area contributed by atoms with Gasteiger partial charge in [0.1, 0.15) is 29.8 Å². The van der Waals surface area contributed by atoms with E-state index in [9.17, 15) is 9.59 Å². The highest BCUT2D eigenvalue weighted by molar-refractivity contribution is 6.01. The van der Waals surface area contributed by atoms with Crippen LogP contribution in [0.1, 0.15) is 29.5 Å². The number of esters is 1. The Bertz CT molecular complexity index is 912. The van der Waals surface area contributed by atoms with Crippen molar-refractivity contribution >= 4 is 11.8 Å². The maximum Gasteiger partial charge on any atom is 0.310 e. The zero-order chi connectivity index (χ0) is 20.7. The highest BCUT2D eigenvalue weighted by atomic mass is 16.5. The van der Waals surface area contributed by atoms with Gasteiger partial charge in [-0.1, -0.05) is 17.3 Å². The number of aryl methyl sites for hydroxylation is 2. The Morgan fingerprint density at radius 3 is 2.46 bits per heavy atom. The van der Waals surface area contributed by atoms with Crippen LogP contribution < -0.4 is 10.5 Å². The fraction of sp³-hybridized carbons (Fsp3) is 0.300.